The summed E-state index contributed by atoms with van der Waals surface area (Å²) in [4.78, 5) is 11.4. The zero-order valence-electron chi connectivity index (χ0n) is 9.52. The molecule has 2 saturated heterocycles. The molecule has 3 heteroatoms. The number of carbonyl (C=O) groups excluding carboxylic acids is 1. The van der Waals surface area contributed by atoms with E-state index in [4.69, 9.17) is 4.74 Å². The third-order valence-electron chi connectivity index (χ3n) is 2.81. The smallest absolute Gasteiger partial charge is 0.384 e. The Kier molecular flexibility index (Phi) is 2.27. The predicted octanol–water partition coefficient (Wildman–Crippen LogP) is 1.08. The summed E-state index contributed by atoms with van der Waals surface area (Å²) >= 11 is 0. The summed E-state index contributed by atoms with van der Waals surface area (Å²) in [5.41, 5.74) is -0.518. The van der Waals surface area contributed by atoms with E-state index in [0.29, 0.717) is 0 Å². The van der Waals surface area contributed by atoms with Crippen molar-refractivity contribution in [1.29, 1.82) is 0 Å². The van der Waals surface area contributed by atoms with E-state index >= 15 is 0 Å². The topological polar surface area (TPSA) is 38.3 Å². The number of hydrogen-bond acceptors (Lipinski definition) is 3. The van der Waals surface area contributed by atoms with Gasteiger partial charge in [0, 0.05) is 5.92 Å². The molecular weight excluding hydrogens is 190 g/mol. The molecule has 1 N–H and O–H groups in total. The molecule has 0 aromatic heterocycles. The Morgan fingerprint density at radius 2 is 2.13 bits per heavy atom. The van der Waals surface area contributed by atoms with Gasteiger partial charge >= 0.3 is 5.97 Å². The molecule has 0 aromatic carbocycles. The van der Waals surface area contributed by atoms with Gasteiger partial charge in [0.05, 0.1) is 5.54 Å². The monoisotopic (exact) mass is 207 g/mol. The summed E-state index contributed by atoms with van der Waals surface area (Å²) in [6.07, 6.45) is 2.17. The summed E-state index contributed by atoms with van der Waals surface area (Å²) in [6, 6.07) is 0. The molecule has 0 unspecified atom stereocenters. The highest BCUT2D eigenvalue weighted by atomic mass is 16.6. The van der Waals surface area contributed by atoms with Crippen molar-refractivity contribution in [2.45, 2.75) is 44.8 Å². The van der Waals surface area contributed by atoms with Gasteiger partial charge in [-0.1, -0.05) is 5.92 Å². The third-order valence-corrected chi connectivity index (χ3v) is 2.81. The molecule has 0 spiro atoms. The van der Waals surface area contributed by atoms with E-state index in [9.17, 15) is 4.79 Å². The van der Waals surface area contributed by atoms with E-state index in [1.54, 1.807) is 0 Å². The Hall–Kier alpha value is -1.01. The standard InChI is InChI=1S/C12H17NO2/c1-11(2,3)15-10(14)4-5-12-6-9(7-12)8-13-12/h9,13H,6-8H2,1-3H3. The Bertz CT molecular complexity index is 331. The van der Waals surface area contributed by atoms with Gasteiger partial charge in [0.1, 0.15) is 5.60 Å². The molecule has 1 saturated carbocycles. The van der Waals surface area contributed by atoms with Crippen LogP contribution in [0.5, 0.6) is 0 Å². The lowest BCUT2D eigenvalue weighted by molar-refractivity contribution is -0.147. The molecule has 2 aliphatic heterocycles. The van der Waals surface area contributed by atoms with Crippen LogP contribution < -0.4 is 5.32 Å². The maximum absolute atomic E-state index is 11.4. The van der Waals surface area contributed by atoms with E-state index < -0.39 is 11.6 Å². The zero-order chi connectivity index (χ0) is 11.1. The van der Waals surface area contributed by atoms with Crippen LogP contribution in [0.4, 0.5) is 0 Å². The van der Waals surface area contributed by atoms with Crippen molar-refractivity contribution in [2.24, 2.45) is 5.92 Å². The van der Waals surface area contributed by atoms with Gasteiger partial charge in [-0.05, 0) is 46.1 Å². The van der Waals surface area contributed by atoms with Crippen molar-refractivity contribution in [1.82, 2.24) is 5.32 Å². The number of nitrogens with one attached hydrogen (secondary N) is 1. The van der Waals surface area contributed by atoms with Crippen molar-refractivity contribution in [3.63, 3.8) is 0 Å². The van der Waals surface area contributed by atoms with E-state index in [2.05, 4.69) is 17.2 Å². The summed E-state index contributed by atoms with van der Waals surface area (Å²) in [5.74, 6) is 5.95. The minimum absolute atomic E-state index is 0.0679. The second-order valence-electron chi connectivity index (χ2n) is 5.49. The molecule has 3 aliphatic rings. The first-order valence-electron chi connectivity index (χ1n) is 5.40. The van der Waals surface area contributed by atoms with Crippen LogP contribution in [-0.4, -0.2) is 23.7 Å². The second-order valence-corrected chi connectivity index (χ2v) is 5.49. The number of hydrogen-bond donors (Lipinski definition) is 1. The first-order chi connectivity index (χ1) is 6.89. The van der Waals surface area contributed by atoms with Gasteiger partial charge in [0.2, 0.25) is 0 Å². The molecule has 82 valence electrons. The maximum atomic E-state index is 11.4. The van der Waals surface area contributed by atoms with Gasteiger partial charge in [-0.2, -0.15) is 0 Å². The molecule has 15 heavy (non-hydrogen) atoms. The molecule has 2 bridgehead atoms. The molecule has 1 aliphatic carbocycles. The van der Waals surface area contributed by atoms with E-state index in [0.717, 1.165) is 25.3 Å². The summed E-state index contributed by atoms with van der Waals surface area (Å²) in [5, 5.41) is 3.34. The average Bonchev–Trinajstić information content (AvgIpc) is 2.54. The lowest BCUT2D eigenvalue weighted by Crippen LogP contribution is -2.41. The molecular formula is C12H17NO2. The summed E-state index contributed by atoms with van der Waals surface area (Å²) < 4.78 is 5.12. The maximum Gasteiger partial charge on any atom is 0.384 e. The molecule has 3 fully saturated rings. The van der Waals surface area contributed by atoms with Crippen LogP contribution in [0.2, 0.25) is 0 Å². The minimum Gasteiger partial charge on any atom is -0.450 e. The van der Waals surface area contributed by atoms with Gasteiger partial charge < -0.3 is 10.1 Å². The average molecular weight is 207 g/mol. The number of carbonyl (C=O) groups is 1. The molecule has 2 heterocycles. The molecule has 3 nitrogen and oxygen atoms in total. The number of ether oxygens (including phenoxy) is 1. The highest BCUT2D eigenvalue weighted by molar-refractivity contribution is 5.89. The Morgan fingerprint density at radius 1 is 1.47 bits per heavy atom. The van der Waals surface area contributed by atoms with Crippen LogP contribution in [-0.2, 0) is 9.53 Å². The number of rotatable bonds is 0. The molecule has 0 atom stereocenters. The van der Waals surface area contributed by atoms with Gasteiger partial charge in [0.25, 0.3) is 0 Å². The van der Waals surface area contributed by atoms with Crippen LogP contribution in [0, 0.1) is 17.8 Å². The first kappa shape index (κ1) is 10.5. The van der Waals surface area contributed by atoms with Crippen molar-refractivity contribution in [2.75, 3.05) is 6.54 Å². The van der Waals surface area contributed by atoms with E-state index in [1.807, 2.05) is 20.8 Å². The minimum atomic E-state index is -0.450. The van der Waals surface area contributed by atoms with Crippen molar-refractivity contribution in [3.8, 4) is 11.8 Å². The number of esters is 1. The van der Waals surface area contributed by atoms with Crippen molar-refractivity contribution < 1.29 is 9.53 Å². The van der Waals surface area contributed by atoms with E-state index in [-0.39, 0.29) is 5.54 Å². The largest absolute Gasteiger partial charge is 0.450 e. The van der Waals surface area contributed by atoms with Crippen molar-refractivity contribution >= 4 is 5.97 Å². The van der Waals surface area contributed by atoms with Gasteiger partial charge in [-0.15, -0.1) is 0 Å². The lowest BCUT2D eigenvalue weighted by Gasteiger charge is -2.32. The molecule has 3 rings (SSSR count). The van der Waals surface area contributed by atoms with Crippen LogP contribution in [0.25, 0.3) is 0 Å². The fraction of sp³-hybridized carbons (Fsp3) is 0.750. The summed E-state index contributed by atoms with van der Waals surface area (Å²) in [7, 11) is 0. The van der Waals surface area contributed by atoms with Crippen molar-refractivity contribution in [3.05, 3.63) is 0 Å². The second kappa shape index (κ2) is 3.24. The quantitative estimate of drug-likeness (QED) is 0.367. The van der Waals surface area contributed by atoms with Crippen LogP contribution >= 0.6 is 0 Å². The lowest BCUT2D eigenvalue weighted by atomic mass is 9.74. The normalized spacial score (nSPS) is 32.6. The van der Waals surface area contributed by atoms with Gasteiger partial charge in [-0.25, -0.2) is 4.79 Å². The fourth-order valence-corrected chi connectivity index (χ4v) is 2.17. The number of fused-ring (bicyclic) bond motifs is 1. The highest BCUT2D eigenvalue weighted by Gasteiger charge is 2.49. The predicted molar refractivity (Wildman–Crippen MR) is 57.1 cm³/mol. The fourth-order valence-electron chi connectivity index (χ4n) is 2.17. The summed E-state index contributed by atoms with van der Waals surface area (Å²) in [6.45, 7) is 6.58. The molecule has 0 radical (unpaired) electrons. The van der Waals surface area contributed by atoms with Crippen LogP contribution in [0.3, 0.4) is 0 Å². The Labute approximate surface area is 90.6 Å². The van der Waals surface area contributed by atoms with Crippen LogP contribution in [0.1, 0.15) is 33.6 Å². The Balaban J connectivity index is 1.92. The third kappa shape index (κ3) is 2.32. The van der Waals surface area contributed by atoms with Crippen LogP contribution in [0.15, 0.2) is 0 Å². The van der Waals surface area contributed by atoms with Gasteiger partial charge in [-0.3, -0.25) is 0 Å². The van der Waals surface area contributed by atoms with E-state index in [1.165, 1.54) is 0 Å². The Morgan fingerprint density at radius 3 is 2.60 bits per heavy atom. The highest BCUT2D eigenvalue weighted by Crippen LogP contribution is 2.42. The molecule has 0 aromatic rings. The first-order valence-corrected chi connectivity index (χ1v) is 5.40. The SMILES string of the molecule is CC(C)(C)OC(=O)C#CC12CC(CN1)C2. The zero-order valence-corrected chi connectivity index (χ0v) is 9.52. The van der Waals surface area contributed by atoms with Gasteiger partial charge in [0.15, 0.2) is 0 Å². The molecule has 0 amide bonds.